The summed E-state index contributed by atoms with van der Waals surface area (Å²) in [6.07, 6.45) is 0. The van der Waals surface area contributed by atoms with Crippen LogP contribution in [0.2, 0.25) is 0 Å². The van der Waals surface area contributed by atoms with Gasteiger partial charge in [-0.1, -0.05) is 42.5 Å². The third kappa shape index (κ3) is 6.48. The van der Waals surface area contributed by atoms with Gasteiger partial charge in [-0.3, -0.25) is 4.72 Å². The van der Waals surface area contributed by atoms with Crippen LogP contribution >= 0.6 is 11.8 Å². The average Bonchev–Trinajstić information content (AvgIpc) is 2.95. The Bertz CT molecular complexity index is 1660. The fourth-order valence-electron chi connectivity index (χ4n) is 3.76. The summed E-state index contributed by atoms with van der Waals surface area (Å²) in [6.45, 7) is 0.0202. The molecule has 4 N–H and O–H groups in total. The zero-order valence-electron chi connectivity index (χ0n) is 20.5. The maximum absolute atomic E-state index is 12.7. The van der Waals surface area contributed by atoms with Gasteiger partial charge in [0.25, 0.3) is 10.0 Å². The van der Waals surface area contributed by atoms with E-state index < -0.39 is 10.0 Å². The molecule has 196 valence electrons. The highest BCUT2D eigenvalue weighted by molar-refractivity contribution is 7.98. The van der Waals surface area contributed by atoms with Crippen molar-refractivity contribution in [2.45, 2.75) is 15.7 Å². The monoisotopic (exact) mass is 557 g/mol. The molecule has 0 amide bonds. The van der Waals surface area contributed by atoms with Gasteiger partial charge in [-0.2, -0.15) is 10.5 Å². The van der Waals surface area contributed by atoms with E-state index >= 15 is 0 Å². The second-order valence-electron chi connectivity index (χ2n) is 8.15. The van der Waals surface area contributed by atoms with Crippen LogP contribution in [0, 0.1) is 22.7 Å². The fraction of sp³-hybridized carbons (Fsp3) is 0.107. The summed E-state index contributed by atoms with van der Waals surface area (Å²) in [5.41, 5.74) is 8.56. The van der Waals surface area contributed by atoms with Gasteiger partial charge in [-0.15, -0.1) is 11.8 Å². The van der Waals surface area contributed by atoms with Crippen LogP contribution in [0.3, 0.4) is 0 Å². The molecule has 0 radical (unpaired) electrons. The maximum atomic E-state index is 12.7. The smallest absolute Gasteiger partial charge is 0.261 e. The lowest BCUT2D eigenvalue weighted by atomic mass is 9.97. The lowest BCUT2D eigenvalue weighted by molar-refractivity contribution is 0.201. The number of anilines is 2. The number of nitrogens with zero attached hydrogens (tertiary/aromatic N) is 3. The zero-order chi connectivity index (χ0) is 27.8. The van der Waals surface area contributed by atoms with E-state index in [0.717, 1.165) is 5.56 Å². The summed E-state index contributed by atoms with van der Waals surface area (Å²) in [7, 11) is -3.75. The van der Waals surface area contributed by atoms with Crippen molar-refractivity contribution in [3.63, 3.8) is 0 Å². The number of nitrogens with one attached hydrogen (secondary N) is 1. The van der Waals surface area contributed by atoms with Gasteiger partial charge < -0.3 is 15.6 Å². The second kappa shape index (κ2) is 12.3. The van der Waals surface area contributed by atoms with Gasteiger partial charge in [-0.05, 0) is 47.5 Å². The first-order chi connectivity index (χ1) is 18.9. The molecule has 1 heterocycles. The van der Waals surface area contributed by atoms with Crippen LogP contribution in [0.1, 0.15) is 16.7 Å². The number of hydrogen-bond acceptors (Lipinski definition) is 9. The molecule has 0 aliphatic rings. The predicted molar refractivity (Wildman–Crippen MR) is 149 cm³/mol. The van der Waals surface area contributed by atoms with Crippen molar-refractivity contribution in [1.82, 2.24) is 4.98 Å². The normalized spacial score (nSPS) is 10.8. The highest BCUT2D eigenvalue weighted by Crippen LogP contribution is 2.37. The number of pyridine rings is 1. The molecule has 0 atom stereocenters. The standard InChI is InChI=1S/C28H23N5O4S2/c29-16-24-26(20-9-11-22(12-10-20)37-14-13-34)25(17-30)28(32-27(24)31)38-18-19-5-4-6-21(15-19)33-39(35,36)23-7-2-1-3-8-23/h1-12,15,33-34H,13-14,18H2,(H2,31,32). The molecule has 39 heavy (non-hydrogen) atoms. The molecule has 1 aromatic heterocycles. The average molecular weight is 558 g/mol. The van der Waals surface area contributed by atoms with Gasteiger partial charge in [0, 0.05) is 17.0 Å². The van der Waals surface area contributed by atoms with Gasteiger partial charge in [0.2, 0.25) is 0 Å². The van der Waals surface area contributed by atoms with Gasteiger partial charge >= 0.3 is 0 Å². The van der Waals surface area contributed by atoms with E-state index in [4.69, 9.17) is 15.6 Å². The number of nitrogens with two attached hydrogens (primary N) is 1. The Balaban J connectivity index is 1.60. The second-order valence-corrected chi connectivity index (χ2v) is 10.8. The Morgan fingerprint density at radius 1 is 0.974 bits per heavy atom. The molecule has 0 fully saturated rings. The lowest BCUT2D eigenvalue weighted by Crippen LogP contribution is -2.12. The van der Waals surface area contributed by atoms with Crippen LogP contribution < -0.4 is 15.2 Å². The molecule has 4 rings (SSSR count). The molecule has 0 aliphatic heterocycles. The molecule has 0 saturated carbocycles. The van der Waals surface area contributed by atoms with Crippen LogP contribution in [0.4, 0.5) is 11.5 Å². The SMILES string of the molecule is N#Cc1c(N)nc(SCc2cccc(NS(=O)(=O)c3ccccc3)c2)c(C#N)c1-c1ccc(OCCO)cc1. The van der Waals surface area contributed by atoms with E-state index in [-0.39, 0.29) is 35.1 Å². The number of benzene rings is 3. The Morgan fingerprint density at radius 2 is 1.69 bits per heavy atom. The predicted octanol–water partition coefficient (Wildman–Crippen LogP) is 4.54. The van der Waals surface area contributed by atoms with Crippen molar-refractivity contribution < 1.29 is 18.3 Å². The molecule has 3 aromatic carbocycles. The van der Waals surface area contributed by atoms with E-state index in [2.05, 4.69) is 21.8 Å². The summed E-state index contributed by atoms with van der Waals surface area (Å²) >= 11 is 1.25. The van der Waals surface area contributed by atoms with Crippen LogP contribution in [0.5, 0.6) is 5.75 Å². The number of nitriles is 2. The third-order valence-electron chi connectivity index (χ3n) is 5.53. The summed E-state index contributed by atoms with van der Waals surface area (Å²) < 4.78 is 33.4. The van der Waals surface area contributed by atoms with Crippen molar-refractivity contribution in [3.05, 3.63) is 95.6 Å². The van der Waals surface area contributed by atoms with E-state index in [1.807, 2.05) is 6.07 Å². The molecule has 4 aromatic rings. The highest BCUT2D eigenvalue weighted by atomic mass is 32.2. The number of hydrogen-bond donors (Lipinski definition) is 3. The van der Waals surface area contributed by atoms with E-state index in [0.29, 0.717) is 33.3 Å². The number of aromatic nitrogens is 1. The van der Waals surface area contributed by atoms with Crippen molar-refractivity contribution in [2.24, 2.45) is 0 Å². The summed E-state index contributed by atoms with van der Waals surface area (Å²) in [5.74, 6) is 0.893. The maximum Gasteiger partial charge on any atom is 0.261 e. The van der Waals surface area contributed by atoms with Crippen molar-refractivity contribution in [1.29, 1.82) is 10.5 Å². The number of sulfonamides is 1. The minimum atomic E-state index is -3.75. The molecular formula is C28H23N5O4S2. The summed E-state index contributed by atoms with van der Waals surface area (Å²) in [5, 5.41) is 29.1. The van der Waals surface area contributed by atoms with Crippen LogP contribution in [-0.4, -0.2) is 31.7 Å². The Kier molecular flexibility index (Phi) is 8.69. The van der Waals surface area contributed by atoms with E-state index in [1.165, 1.54) is 23.9 Å². The molecule has 0 spiro atoms. The number of aliphatic hydroxyl groups excluding tert-OH is 1. The van der Waals surface area contributed by atoms with Gasteiger partial charge in [0.15, 0.2) is 0 Å². The highest BCUT2D eigenvalue weighted by Gasteiger charge is 2.21. The molecule has 9 nitrogen and oxygen atoms in total. The minimum Gasteiger partial charge on any atom is -0.491 e. The van der Waals surface area contributed by atoms with Gasteiger partial charge in [0.1, 0.15) is 40.9 Å². The first kappa shape index (κ1) is 27.5. The topological polar surface area (TPSA) is 162 Å². The molecular weight excluding hydrogens is 534 g/mol. The van der Waals surface area contributed by atoms with Crippen molar-refractivity contribution in [2.75, 3.05) is 23.7 Å². The largest absolute Gasteiger partial charge is 0.491 e. The Hall–Kier alpha value is -4.55. The minimum absolute atomic E-state index is 0.000945. The molecule has 0 saturated heterocycles. The van der Waals surface area contributed by atoms with Gasteiger partial charge in [-0.25, -0.2) is 13.4 Å². The van der Waals surface area contributed by atoms with E-state index in [9.17, 15) is 18.9 Å². The zero-order valence-corrected chi connectivity index (χ0v) is 22.2. The molecule has 0 unspecified atom stereocenters. The quantitative estimate of drug-likeness (QED) is 0.238. The summed E-state index contributed by atoms with van der Waals surface area (Å²) in [6, 6.07) is 26.0. The Morgan fingerprint density at radius 3 is 2.36 bits per heavy atom. The number of aliphatic hydroxyl groups is 1. The Labute approximate surface area is 230 Å². The number of nitrogen functional groups attached to an aromatic ring is 1. The van der Waals surface area contributed by atoms with Crippen molar-refractivity contribution >= 4 is 33.3 Å². The van der Waals surface area contributed by atoms with Crippen LogP contribution in [0.15, 0.2) is 88.8 Å². The molecule has 11 heteroatoms. The van der Waals surface area contributed by atoms with Crippen LogP contribution in [0.25, 0.3) is 11.1 Å². The van der Waals surface area contributed by atoms with Crippen molar-refractivity contribution in [3.8, 4) is 29.0 Å². The molecule has 0 bridgehead atoms. The van der Waals surface area contributed by atoms with Gasteiger partial charge in [0.05, 0.1) is 17.1 Å². The lowest BCUT2D eigenvalue weighted by Gasteiger charge is -2.14. The first-order valence-electron chi connectivity index (χ1n) is 11.6. The number of rotatable bonds is 10. The number of thioether (sulfide) groups is 1. The summed E-state index contributed by atoms with van der Waals surface area (Å²) in [4.78, 5) is 4.48. The fourth-order valence-corrected chi connectivity index (χ4v) is 5.77. The first-order valence-corrected chi connectivity index (χ1v) is 14.1. The number of ether oxygens (including phenoxy) is 1. The third-order valence-corrected chi connectivity index (χ3v) is 7.97. The van der Waals surface area contributed by atoms with Crippen LogP contribution in [-0.2, 0) is 15.8 Å². The molecule has 0 aliphatic carbocycles. The van der Waals surface area contributed by atoms with E-state index in [1.54, 1.807) is 60.7 Å².